The summed E-state index contributed by atoms with van der Waals surface area (Å²) in [6, 6.07) is 11.1. The van der Waals surface area contributed by atoms with Crippen LogP contribution in [0.4, 0.5) is 4.39 Å². The smallest absolute Gasteiger partial charge is 0.333 e. The second kappa shape index (κ2) is 8.89. The van der Waals surface area contributed by atoms with Gasteiger partial charge < -0.3 is 10.3 Å². The van der Waals surface area contributed by atoms with Gasteiger partial charge in [0.25, 0.3) is 11.5 Å². The number of nitrogens with one attached hydrogen (secondary N) is 3. The zero-order valence-corrected chi connectivity index (χ0v) is 19.4. The summed E-state index contributed by atoms with van der Waals surface area (Å²) < 4.78 is 15.5. The van der Waals surface area contributed by atoms with Gasteiger partial charge in [-0.2, -0.15) is 0 Å². The second-order valence-electron chi connectivity index (χ2n) is 7.60. The summed E-state index contributed by atoms with van der Waals surface area (Å²) in [6.07, 6.45) is 0. The molecule has 0 spiro atoms. The summed E-state index contributed by atoms with van der Waals surface area (Å²) >= 11 is 7.31. The molecule has 3 aromatic heterocycles. The highest BCUT2D eigenvalue weighted by Crippen LogP contribution is 2.29. The van der Waals surface area contributed by atoms with E-state index in [0.717, 1.165) is 15.5 Å². The van der Waals surface area contributed by atoms with Crippen molar-refractivity contribution in [2.45, 2.75) is 13.0 Å². The van der Waals surface area contributed by atoms with E-state index < -0.39 is 29.0 Å². The first-order valence-electron chi connectivity index (χ1n) is 10.2. The van der Waals surface area contributed by atoms with Gasteiger partial charge in [-0.3, -0.25) is 9.59 Å². The first kappa shape index (κ1) is 22.6. The van der Waals surface area contributed by atoms with Gasteiger partial charge in [-0.25, -0.2) is 18.9 Å². The number of carbonyl (C=O) groups excluding carboxylic acids is 1. The molecule has 0 fully saturated rings. The number of halogens is 2. The van der Waals surface area contributed by atoms with Gasteiger partial charge >= 0.3 is 5.69 Å². The third-order valence-electron chi connectivity index (χ3n) is 5.35. The Bertz CT molecular complexity index is 1680. The molecule has 5 rings (SSSR count). The van der Waals surface area contributed by atoms with Crippen LogP contribution < -0.4 is 16.6 Å². The van der Waals surface area contributed by atoms with Gasteiger partial charge in [-0.15, -0.1) is 16.4 Å². The van der Waals surface area contributed by atoms with Crippen molar-refractivity contribution in [2.75, 3.05) is 0 Å². The molecule has 0 aliphatic rings. The quantitative estimate of drug-likeness (QED) is 0.331. The first-order chi connectivity index (χ1) is 16.8. The van der Waals surface area contributed by atoms with E-state index in [4.69, 9.17) is 11.6 Å². The fourth-order valence-corrected chi connectivity index (χ4v) is 4.72. The highest BCUT2D eigenvalue weighted by atomic mass is 35.5. The predicted molar refractivity (Wildman–Crippen MR) is 128 cm³/mol. The second-order valence-corrected chi connectivity index (χ2v) is 9.35. The summed E-state index contributed by atoms with van der Waals surface area (Å²) in [5.74, 6) is -0.672. The average Bonchev–Trinajstić information content (AvgIpc) is 3.51. The molecule has 3 heterocycles. The Balaban J connectivity index is 1.46. The lowest BCUT2D eigenvalue weighted by molar-refractivity contribution is 0.0942. The summed E-state index contributed by atoms with van der Waals surface area (Å²) in [6.45, 7) is 1.54. The van der Waals surface area contributed by atoms with Crippen LogP contribution in [0.2, 0.25) is 4.34 Å². The minimum absolute atomic E-state index is 0.0348. The number of benzene rings is 2. The summed E-state index contributed by atoms with van der Waals surface area (Å²) in [5, 5.41) is 16.5. The van der Waals surface area contributed by atoms with Crippen LogP contribution in [-0.4, -0.2) is 36.1 Å². The fraction of sp³-hybridized carbons (Fsp3) is 0.0909. The maximum absolute atomic E-state index is 14.0. The number of hydrogen-bond acceptors (Lipinski definition) is 7. The molecule has 1 atom stereocenters. The zero-order valence-electron chi connectivity index (χ0n) is 17.9. The van der Waals surface area contributed by atoms with E-state index in [2.05, 4.69) is 30.9 Å². The lowest BCUT2D eigenvalue weighted by Gasteiger charge is -2.15. The molecular weight excluding hydrogens is 497 g/mol. The van der Waals surface area contributed by atoms with Gasteiger partial charge in [-0.05, 0) is 71.4 Å². The van der Waals surface area contributed by atoms with Crippen molar-refractivity contribution in [2.24, 2.45) is 0 Å². The number of H-pyrrole nitrogens is 2. The van der Waals surface area contributed by atoms with Crippen molar-refractivity contribution in [3.05, 3.63) is 101 Å². The number of tetrazole rings is 1. The highest BCUT2D eigenvalue weighted by molar-refractivity contribution is 7.16. The molecule has 176 valence electrons. The van der Waals surface area contributed by atoms with Crippen LogP contribution in [0.15, 0.2) is 58.1 Å². The Labute approximate surface area is 204 Å². The Morgan fingerprint density at radius 2 is 1.94 bits per heavy atom. The van der Waals surface area contributed by atoms with Crippen molar-refractivity contribution in [1.29, 1.82) is 0 Å². The van der Waals surface area contributed by atoms with Gasteiger partial charge in [0.05, 0.1) is 20.9 Å². The molecule has 0 radical (unpaired) electrons. The number of aryl methyl sites for hydroxylation is 1. The third-order valence-corrected chi connectivity index (χ3v) is 6.65. The molecular formula is C22H15ClFN7O3S. The third kappa shape index (κ3) is 4.24. The molecule has 0 saturated heterocycles. The van der Waals surface area contributed by atoms with Crippen LogP contribution in [0.3, 0.4) is 0 Å². The lowest BCUT2D eigenvalue weighted by Crippen LogP contribution is -2.34. The van der Waals surface area contributed by atoms with Crippen LogP contribution in [0.25, 0.3) is 16.6 Å². The molecule has 0 bridgehead atoms. The Hall–Kier alpha value is -4.16. The molecule has 1 amide bonds. The van der Waals surface area contributed by atoms with E-state index in [9.17, 15) is 18.8 Å². The van der Waals surface area contributed by atoms with Crippen molar-refractivity contribution < 1.29 is 9.18 Å². The van der Waals surface area contributed by atoms with Crippen LogP contribution >= 0.6 is 22.9 Å². The van der Waals surface area contributed by atoms with E-state index in [1.165, 1.54) is 41.7 Å². The van der Waals surface area contributed by atoms with Crippen molar-refractivity contribution in [3.63, 3.8) is 0 Å². The number of carbonyl (C=O) groups is 1. The molecule has 1 unspecified atom stereocenters. The van der Waals surface area contributed by atoms with Gasteiger partial charge in [0.2, 0.25) is 0 Å². The van der Waals surface area contributed by atoms with E-state index in [0.29, 0.717) is 15.7 Å². The van der Waals surface area contributed by atoms with Crippen LogP contribution in [0.1, 0.15) is 32.7 Å². The number of rotatable bonds is 5. The van der Waals surface area contributed by atoms with E-state index in [-0.39, 0.29) is 22.2 Å². The maximum Gasteiger partial charge on any atom is 0.333 e. The van der Waals surface area contributed by atoms with Crippen LogP contribution in [0, 0.1) is 12.7 Å². The Morgan fingerprint density at radius 3 is 2.60 bits per heavy atom. The maximum atomic E-state index is 14.0. The highest BCUT2D eigenvalue weighted by Gasteiger charge is 2.23. The predicted octanol–water partition coefficient (Wildman–Crippen LogP) is 2.87. The van der Waals surface area contributed by atoms with Crippen molar-refractivity contribution >= 4 is 39.7 Å². The molecule has 3 N–H and O–H groups in total. The standard InChI is InChI=1S/C22H15ClFN7O3S/c1-10-8-15-13(9-14(10)24)21(33)31(22(34)25-15)12-4-2-11(3-5-12)20(32)26-18(19-27-29-30-28-19)16-6-7-17(23)35-16/h2-9,18H,1H3,(H,25,34)(H,26,32)(H,27,28,29,30). The zero-order chi connectivity index (χ0) is 24.7. The van der Waals surface area contributed by atoms with Crippen molar-refractivity contribution in [1.82, 2.24) is 35.5 Å². The number of fused-ring (bicyclic) bond motifs is 1. The van der Waals surface area contributed by atoms with E-state index >= 15 is 0 Å². The minimum atomic E-state index is -0.682. The largest absolute Gasteiger partial charge is 0.337 e. The average molecular weight is 512 g/mol. The fourth-order valence-electron chi connectivity index (χ4n) is 3.60. The molecule has 13 heteroatoms. The monoisotopic (exact) mass is 511 g/mol. The minimum Gasteiger partial charge on any atom is -0.337 e. The van der Waals surface area contributed by atoms with Gasteiger partial charge in [0, 0.05) is 10.4 Å². The number of hydrogen-bond donors (Lipinski definition) is 3. The van der Waals surface area contributed by atoms with Gasteiger partial charge in [0.15, 0.2) is 5.82 Å². The number of thiophene rings is 1. The number of aromatic amines is 2. The Morgan fingerprint density at radius 1 is 1.17 bits per heavy atom. The number of nitrogens with zero attached hydrogens (tertiary/aromatic N) is 4. The van der Waals surface area contributed by atoms with Gasteiger partial charge in [0.1, 0.15) is 11.9 Å². The van der Waals surface area contributed by atoms with Crippen LogP contribution in [-0.2, 0) is 0 Å². The number of amides is 1. The van der Waals surface area contributed by atoms with Crippen LogP contribution in [0.5, 0.6) is 0 Å². The lowest BCUT2D eigenvalue weighted by atomic mass is 10.1. The van der Waals surface area contributed by atoms with E-state index in [1.807, 2.05) is 0 Å². The summed E-state index contributed by atoms with van der Waals surface area (Å²) in [7, 11) is 0. The molecule has 10 nitrogen and oxygen atoms in total. The molecule has 2 aromatic carbocycles. The molecule has 5 aromatic rings. The van der Waals surface area contributed by atoms with Crippen molar-refractivity contribution in [3.8, 4) is 5.69 Å². The molecule has 0 aliphatic carbocycles. The van der Waals surface area contributed by atoms with Gasteiger partial charge in [-0.1, -0.05) is 11.6 Å². The van der Waals surface area contributed by atoms with E-state index in [1.54, 1.807) is 19.1 Å². The first-order valence-corrected chi connectivity index (χ1v) is 11.4. The molecule has 0 saturated carbocycles. The molecule has 35 heavy (non-hydrogen) atoms. The summed E-state index contributed by atoms with van der Waals surface area (Å²) in [4.78, 5) is 41.8. The topological polar surface area (TPSA) is 138 Å². The summed E-state index contributed by atoms with van der Waals surface area (Å²) in [5.41, 5.74) is -0.319. The SMILES string of the molecule is Cc1cc2[nH]c(=O)n(-c3ccc(C(=O)NC(c4nnn[nH]4)c4ccc(Cl)s4)cc3)c(=O)c2cc1F. The Kier molecular flexibility index (Phi) is 5.75. The molecule has 0 aliphatic heterocycles. The normalized spacial score (nSPS) is 12.1. The number of aromatic nitrogens is 6.